The molecule has 7 heteroatoms. The highest BCUT2D eigenvalue weighted by molar-refractivity contribution is 6.04. The summed E-state index contributed by atoms with van der Waals surface area (Å²) in [5, 5.41) is 2.60. The first-order valence-corrected chi connectivity index (χ1v) is 6.04. The van der Waals surface area contributed by atoms with Gasteiger partial charge < -0.3 is 11.1 Å². The van der Waals surface area contributed by atoms with Crippen LogP contribution in [-0.2, 0) is 12.7 Å². The number of hydrogen-bond acceptors (Lipinski definition) is 3. The van der Waals surface area contributed by atoms with Crippen LogP contribution in [0.4, 0.5) is 18.9 Å². The monoisotopic (exact) mass is 295 g/mol. The fourth-order valence-corrected chi connectivity index (χ4v) is 1.71. The van der Waals surface area contributed by atoms with Gasteiger partial charge in [0.1, 0.15) is 5.69 Å². The Morgan fingerprint density at radius 1 is 1.19 bits per heavy atom. The van der Waals surface area contributed by atoms with Crippen LogP contribution < -0.4 is 11.1 Å². The lowest BCUT2D eigenvalue weighted by Crippen LogP contribution is -2.15. The maximum atomic E-state index is 12.4. The number of carbonyl (C=O) groups is 1. The van der Waals surface area contributed by atoms with Crippen molar-refractivity contribution < 1.29 is 18.0 Å². The molecule has 0 radical (unpaired) electrons. The number of anilines is 1. The van der Waals surface area contributed by atoms with Crippen molar-refractivity contribution in [1.29, 1.82) is 0 Å². The first kappa shape index (κ1) is 15.0. The average molecular weight is 295 g/mol. The standard InChI is InChI=1S/C14H12F3N3O/c15-14(16,17)12-6-5-10(8-19-12)13(21)20-11-4-2-1-3-9(11)7-18/h1-6,8H,7,18H2,(H,20,21). The van der Waals surface area contributed by atoms with Crippen molar-refractivity contribution in [3.63, 3.8) is 0 Å². The molecule has 0 bridgehead atoms. The zero-order valence-electron chi connectivity index (χ0n) is 10.8. The lowest BCUT2D eigenvalue weighted by Gasteiger charge is -2.10. The van der Waals surface area contributed by atoms with E-state index in [0.717, 1.165) is 23.9 Å². The summed E-state index contributed by atoms with van der Waals surface area (Å²) in [4.78, 5) is 15.2. The molecule has 0 saturated heterocycles. The number of nitrogens with two attached hydrogens (primary N) is 1. The Labute approximate surface area is 118 Å². The van der Waals surface area contributed by atoms with Gasteiger partial charge in [-0.25, -0.2) is 0 Å². The summed E-state index contributed by atoms with van der Waals surface area (Å²) < 4.78 is 37.2. The molecule has 3 N–H and O–H groups in total. The third kappa shape index (κ3) is 3.57. The fourth-order valence-electron chi connectivity index (χ4n) is 1.71. The minimum atomic E-state index is -4.53. The van der Waals surface area contributed by atoms with Crippen molar-refractivity contribution in [3.05, 3.63) is 59.4 Å². The topological polar surface area (TPSA) is 68.0 Å². The molecular weight excluding hydrogens is 283 g/mol. The van der Waals surface area contributed by atoms with E-state index in [-0.39, 0.29) is 12.1 Å². The van der Waals surface area contributed by atoms with Crippen LogP contribution in [0.25, 0.3) is 0 Å². The second kappa shape index (κ2) is 5.92. The van der Waals surface area contributed by atoms with E-state index < -0.39 is 17.8 Å². The minimum absolute atomic E-state index is 0.0369. The smallest absolute Gasteiger partial charge is 0.326 e. The van der Waals surface area contributed by atoms with Crippen LogP contribution in [0.1, 0.15) is 21.6 Å². The van der Waals surface area contributed by atoms with Crippen LogP contribution in [0.5, 0.6) is 0 Å². The molecule has 0 spiro atoms. The molecule has 1 amide bonds. The zero-order valence-corrected chi connectivity index (χ0v) is 10.8. The quantitative estimate of drug-likeness (QED) is 0.915. The number of nitrogens with one attached hydrogen (secondary N) is 1. The lowest BCUT2D eigenvalue weighted by atomic mass is 10.1. The number of benzene rings is 1. The lowest BCUT2D eigenvalue weighted by molar-refractivity contribution is -0.141. The van der Waals surface area contributed by atoms with Crippen molar-refractivity contribution in [2.24, 2.45) is 5.73 Å². The molecule has 0 aliphatic carbocycles. The largest absolute Gasteiger partial charge is 0.433 e. The molecule has 1 aromatic heterocycles. The summed E-state index contributed by atoms with van der Waals surface area (Å²) in [6.45, 7) is 0.238. The van der Waals surface area contributed by atoms with E-state index in [1.807, 2.05) is 0 Å². The van der Waals surface area contributed by atoms with Gasteiger partial charge in [-0.2, -0.15) is 13.2 Å². The maximum Gasteiger partial charge on any atom is 0.433 e. The fraction of sp³-hybridized carbons (Fsp3) is 0.143. The van der Waals surface area contributed by atoms with Crippen molar-refractivity contribution in [1.82, 2.24) is 4.98 Å². The molecule has 0 atom stereocenters. The Morgan fingerprint density at radius 3 is 2.48 bits per heavy atom. The predicted molar refractivity (Wildman–Crippen MR) is 71.5 cm³/mol. The number of alkyl halides is 3. The van der Waals surface area contributed by atoms with Crippen molar-refractivity contribution >= 4 is 11.6 Å². The minimum Gasteiger partial charge on any atom is -0.326 e. The normalized spacial score (nSPS) is 11.2. The van der Waals surface area contributed by atoms with Crippen LogP contribution in [0.15, 0.2) is 42.6 Å². The highest BCUT2D eigenvalue weighted by Gasteiger charge is 2.32. The highest BCUT2D eigenvalue weighted by atomic mass is 19.4. The summed E-state index contributed by atoms with van der Waals surface area (Å²) in [5.41, 5.74) is 5.79. The van der Waals surface area contributed by atoms with Gasteiger partial charge in [0.2, 0.25) is 0 Å². The van der Waals surface area contributed by atoms with E-state index in [0.29, 0.717) is 5.69 Å². The molecule has 4 nitrogen and oxygen atoms in total. The molecule has 2 rings (SSSR count). The van der Waals surface area contributed by atoms with Gasteiger partial charge in [-0.15, -0.1) is 0 Å². The van der Waals surface area contributed by atoms with Crippen molar-refractivity contribution in [2.45, 2.75) is 12.7 Å². The van der Waals surface area contributed by atoms with E-state index in [4.69, 9.17) is 5.73 Å². The van der Waals surface area contributed by atoms with Gasteiger partial charge in [0.05, 0.1) is 5.56 Å². The summed E-state index contributed by atoms with van der Waals surface area (Å²) in [7, 11) is 0. The number of hydrogen-bond donors (Lipinski definition) is 2. The second-order valence-electron chi connectivity index (χ2n) is 4.25. The average Bonchev–Trinajstić information content (AvgIpc) is 2.47. The van der Waals surface area contributed by atoms with E-state index in [1.54, 1.807) is 24.3 Å². The Morgan fingerprint density at radius 2 is 1.90 bits per heavy atom. The molecule has 0 aliphatic rings. The van der Waals surface area contributed by atoms with Crippen LogP contribution in [-0.4, -0.2) is 10.9 Å². The van der Waals surface area contributed by atoms with Crippen molar-refractivity contribution in [3.8, 4) is 0 Å². The van der Waals surface area contributed by atoms with Crippen LogP contribution >= 0.6 is 0 Å². The number of rotatable bonds is 3. The Hall–Kier alpha value is -2.41. The van der Waals surface area contributed by atoms with Gasteiger partial charge in [-0.05, 0) is 23.8 Å². The molecule has 2 aromatic rings. The first-order chi connectivity index (χ1) is 9.91. The molecule has 0 saturated carbocycles. The van der Waals surface area contributed by atoms with E-state index in [1.165, 1.54) is 0 Å². The summed E-state index contributed by atoms with van der Waals surface area (Å²) in [6.07, 6.45) is -3.63. The maximum absolute atomic E-state index is 12.4. The van der Waals surface area contributed by atoms with Crippen LogP contribution in [0.2, 0.25) is 0 Å². The number of nitrogens with zero attached hydrogens (tertiary/aromatic N) is 1. The van der Waals surface area contributed by atoms with Crippen LogP contribution in [0, 0.1) is 0 Å². The highest BCUT2D eigenvalue weighted by Crippen LogP contribution is 2.27. The number of para-hydroxylation sites is 1. The predicted octanol–water partition coefficient (Wildman–Crippen LogP) is 2.81. The van der Waals surface area contributed by atoms with Gasteiger partial charge in [0.25, 0.3) is 5.91 Å². The van der Waals surface area contributed by atoms with E-state index in [9.17, 15) is 18.0 Å². The van der Waals surface area contributed by atoms with Gasteiger partial charge >= 0.3 is 6.18 Å². The molecule has 1 aromatic carbocycles. The molecule has 21 heavy (non-hydrogen) atoms. The van der Waals surface area contributed by atoms with Crippen molar-refractivity contribution in [2.75, 3.05) is 5.32 Å². The first-order valence-electron chi connectivity index (χ1n) is 6.04. The molecule has 0 unspecified atom stereocenters. The Bertz CT molecular complexity index is 639. The van der Waals surface area contributed by atoms with Gasteiger partial charge in [-0.3, -0.25) is 9.78 Å². The van der Waals surface area contributed by atoms with Gasteiger partial charge in [-0.1, -0.05) is 18.2 Å². The number of amides is 1. The Balaban J connectivity index is 2.17. The zero-order chi connectivity index (χ0) is 15.5. The molecule has 0 aliphatic heterocycles. The van der Waals surface area contributed by atoms with E-state index in [2.05, 4.69) is 10.3 Å². The summed E-state index contributed by atoms with van der Waals surface area (Å²) in [6, 6.07) is 8.76. The third-order valence-electron chi connectivity index (χ3n) is 2.80. The molecule has 110 valence electrons. The second-order valence-corrected chi connectivity index (χ2v) is 4.25. The Kier molecular flexibility index (Phi) is 4.23. The van der Waals surface area contributed by atoms with Gasteiger partial charge in [0.15, 0.2) is 0 Å². The number of pyridine rings is 1. The number of aromatic nitrogens is 1. The summed E-state index contributed by atoms with van der Waals surface area (Å²) >= 11 is 0. The summed E-state index contributed by atoms with van der Waals surface area (Å²) in [5.74, 6) is -0.544. The third-order valence-corrected chi connectivity index (χ3v) is 2.80. The number of halogens is 3. The van der Waals surface area contributed by atoms with E-state index >= 15 is 0 Å². The SMILES string of the molecule is NCc1ccccc1NC(=O)c1ccc(C(F)(F)F)nc1. The number of carbonyl (C=O) groups excluding carboxylic acids is 1. The van der Waals surface area contributed by atoms with Crippen LogP contribution in [0.3, 0.4) is 0 Å². The molecule has 1 heterocycles. The molecular formula is C14H12F3N3O. The molecule has 0 fully saturated rings. The van der Waals surface area contributed by atoms with Gasteiger partial charge in [0, 0.05) is 18.4 Å².